The lowest BCUT2D eigenvalue weighted by Crippen LogP contribution is -2.37. The first-order chi connectivity index (χ1) is 12.8. The van der Waals surface area contributed by atoms with E-state index in [1.807, 2.05) is 12.1 Å². The van der Waals surface area contributed by atoms with Gasteiger partial charge in [0.1, 0.15) is 5.75 Å². The number of hydrogen-bond acceptors (Lipinski definition) is 2. The van der Waals surface area contributed by atoms with E-state index >= 15 is 0 Å². The highest BCUT2D eigenvalue weighted by Gasteiger charge is 2.12. The maximum Gasteiger partial charge on any atom is 0.314 e. The molecule has 0 bridgehead atoms. The van der Waals surface area contributed by atoms with Gasteiger partial charge in [-0.15, -0.1) is 0 Å². The van der Waals surface area contributed by atoms with Gasteiger partial charge in [0.05, 0.1) is 6.61 Å². The van der Waals surface area contributed by atoms with E-state index in [0.717, 1.165) is 18.6 Å². The molecule has 0 radical (unpaired) electrons. The number of carbonyl (C=O) groups is 1. The molecule has 0 atom stereocenters. The maximum atomic E-state index is 11.8. The van der Waals surface area contributed by atoms with E-state index in [9.17, 15) is 4.79 Å². The third-order valence-corrected chi connectivity index (χ3v) is 4.42. The Bertz CT molecular complexity index is 701. The molecule has 0 aliphatic carbocycles. The molecule has 2 N–H and O–H groups in total. The summed E-state index contributed by atoms with van der Waals surface area (Å²) >= 11 is 0. The topological polar surface area (TPSA) is 50.4 Å². The van der Waals surface area contributed by atoms with E-state index in [4.69, 9.17) is 4.74 Å². The first-order valence-corrected chi connectivity index (χ1v) is 9.65. The molecule has 2 aromatic rings. The molecule has 2 rings (SSSR count). The molecule has 0 saturated carbocycles. The highest BCUT2D eigenvalue weighted by Crippen LogP contribution is 2.24. The van der Waals surface area contributed by atoms with E-state index in [-0.39, 0.29) is 11.4 Å². The molecule has 2 aromatic carbocycles. The zero-order valence-electron chi connectivity index (χ0n) is 17.0. The Labute approximate surface area is 163 Å². The molecular weight excluding hydrogens is 336 g/mol. The molecule has 2 amide bonds. The van der Waals surface area contributed by atoms with E-state index in [2.05, 4.69) is 74.7 Å². The largest absolute Gasteiger partial charge is 0.494 e. The van der Waals surface area contributed by atoms with Crippen LogP contribution in [0.2, 0.25) is 0 Å². The quantitative estimate of drug-likeness (QED) is 0.669. The summed E-state index contributed by atoms with van der Waals surface area (Å²) < 4.78 is 5.73. The Morgan fingerprint density at radius 3 is 2.19 bits per heavy atom. The second-order valence-electron chi connectivity index (χ2n) is 7.89. The Kier molecular flexibility index (Phi) is 7.71. The van der Waals surface area contributed by atoms with Gasteiger partial charge in [-0.25, -0.2) is 4.79 Å². The van der Waals surface area contributed by atoms with E-state index in [1.165, 1.54) is 16.7 Å². The lowest BCUT2D eigenvalue weighted by Gasteiger charge is -2.19. The van der Waals surface area contributed by atoms with Crippen LogP contribution in [0.15, 0.2) is 48.5 Å². The molecule has 4 nitrogen and oxygen atoms in total. The minimum absolute atomic E-state index is 0.128. The van der Waals surface area contributed by atoms with Gasteiger partial charge in [-0.3, -0.25) is 0 Å². The number of nitrogens with one attached hydrogen (secondary N) is 2. The molecule has 0 heterocycles. The number of urea groups is 1. The van der Waals surface area contributed by atoms with Crippen molar-refractivity contribution in [2.75, 3.05) is 19.7 Å². The monoisotopic (exact) mass is 368 g/mol. The van der Waals surface area contributed by atoms with Crippen molar-refractivity contribution in [2.24, 2.45) is 0 Å². The standard InChI is InChI=1S/C23H32N2O2/c1-18-6-8-19(9-7-18)14-16-25-22(26)24-15-5-17-27-21-12-10-20(11-13-21)23(2,3)4/h6-13H,5,14-17H2,1-4H3,(H2,24,25,26). The van der Waals surface area contributed by atoms with Gasteiger partial charge in [-0.1, -0.05) is 62.7 Å². The smallest absolute Gasteiger partial charge is 0.314 e. The number of hydrogen-bond donors (Lipinski definition) is 2. The molecule has 0 aliphatic heterocycles. The lowest BCUT2D eigenvalue weighted by molar-refractivity contribution is 0.239. The van der Waals surface area contributed by atoms with Gasteiger partial charge in [-0.2, -0.15) is 0 Å². The van der Waals surface area contributed by atoms with Crippen LogP contribution < -0.4 is 15.4 Å². The molecule has 0 aromatic heterocycles. The highest BCUT2D eigenvalue weighted by atomic mass is 16.5. The van der Waals surface area contributed by atoms with Crippen molar-refractivity contribution < 1.29 is 9.53 Å². The molecule has 4 heteroatoms. The molecule has 0 spiro atoms. The average molecular weight is 369 g/mol. The number of carbonyl (C=O) groups excluding carboxylic acids is 1. The fraction of sp³-hybridized carbons (Fsp3) is 0.435. The Morgan fingerprint density at radius 1 is 0.926 bits per heavy atom. The summed E-state index contributed by atoms with van der Waals surface area (Å²) in [4.78, 5) is 11.8. The minimum atomic E-state index is -0.128. The number of rotatable bonds is 8. The van der Waals surface area contributed by atoms with Crippen LogP contribution in [0.1, 0.15) is 43.9 Å². The van der Waals surface area contributed by atoms with Crippen molar-refractivity contribution in [3.8, 4) is 5.75 Å². The number of aryl methyl sites for hydroxylation is 1. The Morgan fingerprint density at radius 2 is 1.56 bits per heavy atom. The normalized spacial score (nSPS) is 11.1. The average Bonchev–Trinajstić information content (AvgIpc) is 2.63. The first kappa shape index (κ1) is 20.8. The summed E-state index contributed by atoms with van der Waals surface area (Å²) in [6.07, 6.45) is 1.60. The van der Waals surface area contributed by atoms with Gasteiger partial charge in [-0.05, 0) is 48.4 Å². The number of ether oxygens (including phenoxy) is 1. The molecule has 0 saturated heterocycles. The summed E-state index contributed by atoms with van der Waals surface area (Å²) in [6, 6.07) is 16.5. The molecule has 0 aliphatic rings. The van der Waals surface area contributed by atoms with E-state index in [1.54, 1.807) is 0 Å². The van der Waals surface area contributed by atoms with Crippen LogP contribution in [0.3, 0.4) is 0 Å². The van der Waals surface area contributed by atoms with Crippen molar-refractivity contribution in [3.63, 3.8) is 0 Å². The third kappa shape index (κ3) is 7.73. The molecule has 0 unspecified atom stereocenters. The summed E-state index contributed by atoms with van der Waals surface area (Å²) in [5, 5.41) is 5.75. The predicted molar refractivity (Wildman–Crippen MR) is 112 cm³/mol. The van der Waals surface area contributed by atoms with Crippen LogP contribution in [-0.4, -0.2) is 25.7 Å². The van der Waals surface area contributed by atoms with Gasteiger partial charge in [0, 0.05) is 13.1 Å². The summed E-state index contributed by atoms with van der Waals surface area (Å²) in [5.41, 5.74) is 3.91. The Hall–Kier alpha value is -2.49. The minimum Gasteiger partial charge on any atom is -0.494 e. The van der Waals surface area contributed by atoms with E-state index in [0.29, 0.717) is 19.7 Å². The van der Waals surface area contributed by atoms with Crippen LogP contribution in [0.25, 0.3) is 0 Å². The summed E-state index contributed by atoms with van der Waals surface area (Å²) in [7, 11) is 0. The van der Waals surface area contributed by atoms with Crippen LogP contribution in [0, 0.1) is 6.92 Å². The lowest BCUT2D eigenvalue weighted by atomic mass is 9.87. The zero-order chi connectivity index (χ0) is 19.7. The summed E-state index contributed by atoms with van der Waals surface area (Å²) in [6.45, 7) is 10.5. The van der Waals surface area contributed by atoms with Crippen molar-refractivity contribution in [3.05, 3.63) is 65.2 Å². The highest BCUT2D eigenvalue weighted by molar-refractivity contribution is 5.73. The maximum absolute atomic E-state index is 11.8. The van der Waals surface area contributed by atoms with Crippen LogP contribution in [-0.2, 0) is 11.8 Å². The summed E-state index contributed by atoms with van der Waals surface area (Å²) in [5.74, 6) is 0.866. The van der Waals surface area contributed by atoms with Crippen molar-refractivity contribution in [1.29, 1.82) is 0 Å². The van der Waals surface area contributed by atoms with Gasteiger partial charge in [0.2, 0.25) is 0 Å². The molecule has 146 valence electrons. The van der Waals surface area contributed by atoms with E-state index < -0.39 is 0 Å². The number of amides is 2. The Balaban J connectivity index is 1.55. The third-order valence-electron chi connectivity index (χ3n) is 4.42. The fourth-order valence-corrected chi connectivity index (χ4v) is 2.65. The molecule has 0 fully saturated rings. The van der Waals surface area contributed by atoms with Crippen molar-refractivity contribution in [2.45, 2.75) is 46.0 Å². The molecule has 27 heavy (non-hydrogen) atoms. The van der Waals surface area contributed by atoms with Gasteiger partial charge >= 0.3 is 6.03 Å². The predicted octanol–water partition coefficient (Wildman–Crippen LogP) is 4.60. The fourth-order valence-electron chi connectivity index (χ4n) is 2.65. The first-order valence-electron chi connectivity index (χ1n) is 9.65. The van der Waals surface area contributed by atoms with Gasteiger partial charge in [0.25, 0.3) is 0 Å². The van der Waals surface area contributed by atoms with Crippen molar-refractivity contribution in [1.82, 2.24) is 10.6 Å². The van der Waals surface area contributed by atoms with Crippen LogP contribution in [0.5, 0.6) is 5.75 Å². The number of benzene rings is 2. The molecular formula is C23H32N2O2. The van der Waals surface area contributed by atoms with Crippen LogP contribution >= 0.6 is 0 Å². The van der Waals surface area contributed by atoms with Crippen molar-refractivity contribution >= 4 is 6.03 Å². The van der Waals surface area contributed by atoms with Gasteiger partial charge < -0.3 is 15.4 Å². The second kappa shape index (κ2) is 10.0. The van der Waals surface area contributed by atoms with Gasteiger partial charge in [0.15, 0.2) is 0 Å². The van der Waals surface area contributed by atoms with Crippen LogP contribution in [0.4, 0.5) is 4.79 Å². The zero-order valence-corrected chi connectivity index (χ0v) is 17.0. The SMILES string of the molecule is Cc1ccc(CCNC(=O)NCCCOc2ccc(C(C)(C)C)cc2)cc1. The second-order valence-corrected chi connectivity index (χ2v) is 7.89.